The SMILES string of the molecule is COc1ccc(S(=O)(=O)N(C)C)cc1CCC(=O)Nc1cccc([N+](=O)[O-])c1C. The third-order valence-corrected chi connectivity index (χ3v) is 6.24. The number of carbonyl (C=O) groups excluding carboxylic acids is 1. The number of hydrogen-bond donors (Lipinski definition) is 1. The van der Waals surface area contributed by atoms with E-state index in [0.29, 0.717) is 22.6 Å². The van der Waals surface area contributed by atoms with Crippen molar-refractivity contribution in [1.82, 2.24) is 4.31 Å². The first kappa shape index (κ1) is 22.3. The molecular formula is C19H23N3O6S. The van der Waals surface area contributed by atoms with Crippen molar-refractivity contribution in [3.63, 3.8) is 0 Å². The number of ether oxygens (including phenoxy) is 1. The van der Waals surface area contributed by atoms with Gasteiger partial charge in [0, 0.05) is 26.6 Å². The van der Waals surface area contributed by atoms with Crippen LogP contribution in [0.4, 0.5) is 11.4 Å². The monoisotopic (exact) mass is 421 g/mol. The quantitative estimate of drug-likeness (QED) is 0.517. The van der Waals surface area contributed by atoms with Crippen molar-refractivity contribution in [3.8, 4) is 5.75 Å². The molecule has 2 rings (SSSR count). The number of amides is 1. The molecule has 0 atom stereocenters. The highest BCUT2D eigenvalue weighted by Crippen LogP contribution is 2.27. The van der Waals surface area contributed by atoms with Gasteiger partial charge in [0.25, 0.3) is 5.69 Å². The lowest BCUT2D eigenvalue weighted by Crippen LogP contribution is -2.22. The first-order valence-corrected chi connectivity index (χ1v) is 10.1. The molecule has 0 heterocycles. The third kappa shape index (κ3) is 5.09. The fraction of sp³-hybridized carbons (Fsp3) is 0.316. The minimum Gasteiger partial charge on any atom is -0.496 e. The zero-order valence-corrected chi connectivity index (χ0v) is 17.4. The van der Waals surface area contributed by atoms with Crippen LogP contribution in [0, 0.1) is 17.0 Å². The summed E-state index contributed by atoms with van der Waals surface area (Å²) in [7, 11) is 0.724. The number of aryl methyl sites for hydroxylation is 1. The lowest BCUT2D eigenvalue weighted by molar-refractivity contribution is -0.385. The summed E-state index contributed by atoms with van der Waals surface area (Å²) in [6.45, 7) is 1.56. The smallest absolute Gasteiger partial charge is 0.274 e. The van der Waals surface area contributed by atoms with E-state index >= 15 is 0 Å². The molecule has 2 aromatic carbocycles. The molecule has 0 fully saturated rings. The molecule has 0 unspecified atom stereocenters. The number of carbonyl (C=O) groups is 1. The van der Waals surface area contributed by atoms with E-state index in [0.717, 1.165) is 4.31 Å². The Labute approximate surface area is 169 Å². The molecule has 0 bridgehead atoms. The van der Waals surface area contributed by atoms with Crippen LogP contribution in [-0.4, -0.2) is 44.8 Å². The average molecular weight is 421 g/mol. The van der Waals surface area contributed by atoms with Crippen LogP contribution >= 0.6 is 0 Å². The topological polar surface area (TPSA) is 119 Å². The summed E-state index contributed by atoms with van der Waals surface area (Å²) < 4.78 is 31.1. The van der Waals surface area contributed by atoms with Crippen LogP contribution in [0.3, 0.4) is 0 Å². The Kier molecular flexibility index (Phi) is 6.93. The minimum atomic E-state index is -3.62. The third-order valence-electron chi connectivity index (χ3n) is 4.43. The molecule has 0 saturated carbocycles. The van der Waals surface area contributed by atoms with Crippen molar-refractivity contribution in [1.29, 1.82) is 0 Å². The van der Waals surface area contributed by atoms with E-state index in [1.54, 1.807) is 19.1 Å². The summed E-state index contributed by atoms with van der Waals surface area (Å²) in [4.78, 5) is 23.0. The van der Waals surface area contributed by atoms with E-state index in [2.05, 4.69) is 5.32 Å². The molecule has 0 aliphatic heterocycles. The highest BCUT2D eigenvalue weighted by molar-refractivity contribution is 7.89. The number of nitrogens with one attached hydrogen (secondary N) is 1. The minimum absolute atomic E-state index is 0.0456. The van der Waals surface area contributed by atoms with Gasteiger partial charge in [0.1, 0.15) is 5.75 Å². The molecule has 1 amide bonds. The number of anilines is 1. The number of nitro benzene ring substituents is 1. The Balaban J connectivity index is 2.18. The molecule has 0 aromatic heterocycles. The van der Waals surface area contributed by atoms with Crippen molar-refractivity contribution in [2.24, 2.45) is 0 Å². The second-order valence-electron chi connectivity index (χ2n) is 6.52. The van der Waals surface area contributed by atoms with E-state index in [1.807, 2.05) is 0 Å². The summed E-state index contributed by atoms with van der Waals surface area (Å²) in [6.07, 6.45) is 0.281. The zero-order valence-electron chi connectivity index (χ0n) is 16.6. The predicted octanol–water partition coefficient (Wildman–Crippen LogP) is 2.73. The Morgan fingerprint density at radius 3 is 2.52 bits per heavy atom. The van der Waals surface area contributed by atoms with Crippen LogP contribution in [0.1, 0.15) is 17.5 Å². The molecule has 9 nitrogen and oxygen atoms in total. The number of nitrogens with zero attached hydrogens (tertiary/aromatic N) is 2. The number of nitro groups is 1. The standard InChI is InChI=1S/C19H23N3O6S/c1-13-16(6-5-7-17(13)22(24)25)20-19(23)11-8-14-12-15(9-10-18(14)28-4)29(26,27)21(2)3/h5-7,9-10,12H,8,11H2,1-4H3,(H,20,23). The van der Waals surface area contributed by atoms with Crippen molar-refractivity contribution in [3.05, 3.63) is 57.6 Å². The predicted molar refractivity (Wildman–Crippen MR) is 109 cm³/mol. The van der Waals surface area contributed by atoms with Gasteiger partial charge < -0.3 is 10.1 Å². The maximum Gasteiger partial charge on any atom is 0.274 e. The number of hydrogen-bond acceptors (Lipinski definition) is 6. The maximum atomic E-state index is 12.4. The van der Waals surface area contributed by atoms with E-state index in [9.17, 15) is 23.3 Å². The van der Waals surface area contributed by atoms with Gasteiger partial charge in [0.2, 0.25) is 15.9 Å². The molecule has 29 heavy (non-hydrogen) atoms. The molecule has 0 aliphatic carbocycles. The molecule has 10 heteroatoms. The van der Waals surface area contributed by atoms with Gasteiger partial charge in [0.05, 0.1) is 28.2 Å². The van der Waals surface area contributed by atoms with Crippen molar-refractivity contribution in [2.45, 2.75) is 24.7 Å². The van der Waals surface area contributed by atoms with Crippen molar-refractivity contribution >= 4 is 27.3 Å². The van der Waals surface area contributed by atoms with E-state index < -0.39 is 14.9 Å². The number of rotatable bonds is 8. The molecule has 0 radical (unpaired) electrons. The van der Waals surface area contributed by atoms with Gasteiger partial charge in [-0.3, -0.25) is 14.9 Å². The van der Waals surface area contributed by atoms with Gasteiger partial charge in [-0.2, -0.15) is 0 Å². The van der Waals surface area contributed by atoms with Crippen LogP contribution in [0.15, 0.2) is 41.3 Å². The Morgan fingerprint density at radius 1 is 1.24 bits per heavy atom. The average Bonchev–Trinajstić information content (AvgIpc) is 2.67. The number of benzene rings is 2. The Bertz CT molecular complexity index is 1030. The second-order valence-corrected chi connectivity index (χ2v) is 8.67. The van der Waals surface area contributed by atoms with Gasteiger partial charge >= 0.3 is 0 Å². The summed E-state index contributed by atoms with van der Waals surface area (Å²) in [5.41, 5.74) is 1.22. The van der Waals surface area contributed by atoms with Crippen LogP contribution in [0.5, 0.6) is 5.75 Å². The molecule has 2 aromatic rings. The van der Waals surface area contributed by atoms with Gasteiger partial charge in [-0.25, -0.2) is 12.7 Å². The molecule has 0 spiro atoms. The summed E-state index contributed by atoms with van der Waals surface area (Å²) in [5.74, 6) is 0.124. The van der Waals surface area contributed by atoms with Crippen LogP contribution in [-0.2, 0) is 21.2 Å². The summed E-state index contributed by atoms with van der Waals surface area (Å²) in [6, 6.07) is 8.94. The van der Waals surface area contributed by atoms with Crippen LogP contribution in [0.2, 0.25) is 0 Å². The number of methoxy groups -OCH3 is 1. The first-order valence-electron chi connectivity index (χ1n) is 8.71. The molecule has 156 valence electrons. The fourth-order valence-electron chi connectivity index (χ4n) is 2.74. The lowest BCUT2D eigenvalue weighted by Gasteiger charge is -2.15. The Morgan fingerprint density at radius 2 is 1.93 bits per heavy atom. The van der Waals surface area contributed by atoms with Crippen LogP contribution in [0.25, 0.3) is 0 Å². The highest BCUT2D eigenvalue weighted by atomic mass is 32.2. The summed E-state index contributed by atoms with van der Waals surface area (Å²) in [5, 5.41) is 13.7. The lowest BCUT2D eigenvalue weighted by atomic mass is 10.1. The largest absolute Gasteiger partial charge is 0.496 e. The van der Waals surface area contributed by atoms with Crippen LogP contribution < -0.4 is 10.1 Å². The number of sulfonamides is 1. The van der Waals surface area contributed by atoms with Gasteiger partial charge in [-0.15, -0.1) is 0 Å². The van der Waals surface area contributed by atoms with E-state index in [1.165, 1.54) is 45.5 Å². The summed E-state index contributed by atoms with van der Waals surface area (Å²) >= 11 is 0. The molecular weight excluding hydrogens is 398 g/mol. The van der Waals surface area contributed by atoms with E-state index in [-0.39, 0.29) is 29.3 Å². The maximum absolute atomic E-state index is 12.4. The normalized spacial score (nSPS) is 11.3. The fourth-order valence-corrected chi connectivity index (χ4v) is 3.69. The van der Waals surface area contributed by atoms with Crippen molar-refractivity contribution in [2.75, 3.05) is 26.5 Å². The highest BCUT2D eigenvalue weighted by Gasteiger charge is 2.20. The van der Waals surface area contributed by atoms with Crippen molar-refractivity contribution < 1.29 is 22.9 Å². The first-order chi connectivity index (χ1) is 13.6. The van der Waals surface area contributed by atoms with Gasteiger partial charge in [-0.1, -0.05) is 6.07 Å². The Hall–Kier alpha value is -2.98. The second kappa shape index (κ2) is 9.01. The molecule has 0 aliphatic rings. The van der Waals surface area contributed by atoms with Gasteiger partial charge in [-0.05, 0) is 43.2 Å². The zero-order chi connectivity index (χ0) is 21.8. The van der Waals surface area contributed by atoms with Gasteiger partial charge in [0.15, 0.2) is 0 Å². The molecule has 1 N–H and O–H groups in total. The molecule has 0 saturated heterocycles. The van der Waals surface area contributed by atoms with E-state index in [4.69, 9.17) is 4.74 Å².